The molecule has 1 aliphatic carbocycles. The van der Waals surface area contributed by atoms with Gasteiger partial charge in [-0.1, -0.05) is 53.3 Å². The summed E-state index contributed by atoms with van der Waals surface area (Å²) in [6.07, 6.45) is 0.858. The Labute approximate surface area is 205 Å². The van der Waals surface area contributed by atoms with Gasteiger partial charge in [-0.2, -0.15) is 0 Å². The van der Waals surface area contributed by atoms with Crippen LogP contribution in [0.4, 0.5) is 4.79 Å². The van der Waals surface area contributed by atoms with Gasteiger partial charge >= 0.3 is 6.09 Å². The molecule has 2 atom stereocenters. The summed E-state index contributed by atoms with van der Waals surface area (Å²) in [5.74, 6) is -0.443. The molecule has 0 radical (unpaired) electrons. The second-order valence-electron chi connectivity index (χ2n) is 12.4. The normalized spacial score (nSPS) is 21.4. The molecule has 0 aromatic carbocycles. The summed E-state index contributed by atoms with van der Waals surface area (Å²) in [4.78, 5) is 12.6. The van der Waals surface area contributed by atoms with Gasteiger partial charge in [0.1, 0.15) is 25.5 Å². The van der Waals surface area contributed by atoms with Crippen LogP contribution in [0.2, 0.25) is 19.6 Å². The number of alkyl carbamates (subject to hydrolysis) is 1. The fourth-order valence-corrected chi connectivity index (χ4v) is 5.15. The summed E-state index contributed by atoms with van der Waals surface area (Å²) >= 11 is 0. The molecule has 0 saturated carbocycles. The Bertz CT molecular complexity index is 910. The molecule has 2 aliphatic rings. The van der Waals surface area contributed by atoms with Gasteiger partial charge < -0.3 is 29.1 Å². The van der Waals surface area contributed by atoms with Crippen molar-refractivity contribution in [2.75, 3.05) is 13.2 Å². The van der Waals surface area contributed by atoms with Gasteiger partial charge in [-0.25, -0.2) is 4.79 Å². The van der Waals surface area contributed by atoms with E-state index in [1.54, 1.807) is 0 Å². The molecule has 2 heterocycles. The predicted molar refractivity (Wildman–Crippen MR) is 136 cm³/mol. The third-order valence-electron chi connectivity index (χ3n) is 6.06. The highest BCUT2D eigenvalue weighted by Crippen LogP contribution is 2.59. The fraction of sp³-hybridized carbons (Fsp3) is 0.731. The van der Waals surface area contributed by atoms with E-state index in [0.717, 1.165) is 23.8 Å². The second kappa shape index (κ2) is 9.45. The maximum absolute atomic E-state index is 12.6. The zero-order chi connectivity index (χ0) is 25.5. The lowest BCUT2D eigenvalue weighted by molar-refractivity contribution is -0.230. The van der Waals surface area contributed by atoms with Gasteiger partial charge in [0.25, 0.3) is 0 Å². The molecule has 192 valence electrons. The van der Waals surface area contributed by atoms with Crippen LogP contribution in [0.15, 0.2) is 22.1 Å². The molecule has 1 fully saturated rings. The molecule has 1 aliphatic heterocycles. The van der Waals surface area contributed by atoms with Crippen LogP contribution in [0.3, 0.4) is 0 Å². The standard InChI is InChI=1S/C26H43NO6Si/c1-10-11-12-17(27-23(29)33-24(2,3)4)22(28)21-20(18-13-14-19(32-18)34(7,8)9)26(21)30-15-25(5,6)16-31-26/h13-14,17,22,28H,10-12,15-16H2,1-9H3,(H,27,29)/t17-,22?/m0/s1. The first kappa shape index (κ1) is 27.0. The number of unbranched alkanes of at least 4 members (excludes halogenated alkanes) is 1. The number of aliphatic hydroxyl groups excluding tert-OH is 1. The number of ether oxygens (including phenoxy) is 3. The number of furan rings is 1. The minimum atomic E-state index is -1.65. The quantitative estimate of drug-likeness (QED) is 0.505. The monoisotopic (exact) mass is 493 g/mol. The Morgan fingerprint density at radius 3 is 2.32 bits per heavy atom. The van der Waals surface area contributed by atoms with E-state index in [9.17, 15) is 9.90 Å². The van der Waals surface area contributed by atoms with Gasteiger partial charge in [-0.3, -0.25) is 0 Å². The first-order valence-corrected chi connectivity index (χ1v) is 15.9. The Balaban J connectivity index is 1.92. The lowest BCUT2D eigenvalue weighted by Gasteiger charge is -2.37. The van der Waals surface area contributed by atoms with Crippen molar-refractivity contribution < 1.29 is 28.5 Å². The van der Waals surface area contributed by atoms with E-state index in [2.05, 4.69) is 45.7 Å². The van der Waals surface area contributed by atoms with E-state index in [1.165, 1.54) is 0 Å². The predicted octanol–water partition coefficient (Wildman–Crippen LogP) is 4.81. The molecule has 1 saturated heterocycles. The van der Waals surface area contributed by atoms with Gasteiger partial charge in [-0.05, 0) is 39.3 Å². The van der Waals surface area contributed by atoms with Crippen LogP contribution < -0.4 is 10.7 Å². The zero-order valence-corrected chi connectivity index (χ0v) is 23.3. The van der Waals surface area contributed by atoms with Crippen molar-refractivity contribution in [2.24, 2.45) is 5.41 Å². The Morgan fingerprint density at radius 1 is 1.21 bits per heavy atom. The van der Waals surface area contributed by atoms with Crippen molar-refractivity contribution in [3.8, 4) is 0 Å². The van der Waals surface area contributed by atoms with Crippen molar-refractivity contribution in [1.29, 1.82) is 0 Å². The van der Waals surface area contributed by atoms with Crippen molar-refractivity contribution in [3.63, 3.8) is 0 Å². The first-order valence-electron chi connectivity index (χ1n) is 12.4. The highest BCUT2D eigenvalue weighted by Gasteiger charge is 2.64. The summed E-state index contributed by atoms with van der Waals surface area (Å²) < 4.78 is 24.3. The minimum Gasteiger partial charge on any atom is -0.466 e. The van der Waals surface area contributed by atoms with Crippen molar-refractivity contribution in [2.45, 2.75) is 104 Å². The van der Waals surface area contributed by atoms with Crippen LogP contribution >= 0.6 is 0 Å². The maximum atomic E-state index is 12.6. The summed E-state index contributed by atoms with van der Waals surface area (Å²) in [6, 6.07) is 3.43. The average molecular weight is 494 g/mol. The molecule has 3 rings (SSSR count). The molecule has 7 nitrogen and oxygen atoms in total. The molecule has 2 N–H and O–H groups in total. The van der Waals surface area contributed by atoms with Gasteiger partial charge in [0.15, 0.2) is 0 Å². The van der Waals surface area contributed by atoms with Gasteiger partial charge in [0.05, 0.1) is 30.2 Å². The van der Waals surface area contributed by atoms with Crippen LogP contribution in [0, 0.1) is 5.41 Å². The van der Waals surface area contributed by atoms with Crippen LogP contribution in [0.25, 0.3) is 5.57 Å². The van der Waals surface area contributed by atoms with Crippen LogP contribution in [0.1, 0.15) is 66.6 Å². The van der Waals surface area contributed by atoms with Crippen LogP contribution in [-0.4, -0.2) is 56.0 Å². The maximum Gasteiger partial charge on any atom is 0.407 e. The number of hydrogen-bond donors (Lipinski definition) is 2. The van der Waals surface area contributed by atoms with E-state index in [1.807, 2.05) is 32.9 Å². The topological polar surface area (TPSA) is 90.2 Å². The average Bonchev–Trinajstić information content (AvgIpc) is 3.05. The molecule has 1 aromatic heterocycles. The number of hydrogen-bond acceptors (Lipinski definition) is 6. The minimum absolute atomic E-state index is 0.127. The van der Waals surface area contributed by atoms with Crippen LogP contribution in [0.5, 0.6) is 0 Å². The summed E-state index contributed by atoms with van der Waals surface area (Å²) in [5, 5.41) is 15.4. The molecular formula is C26H43NO6Si. The van der Waals surface area contributed by atoms with E-state index in [4.69, 9.17) is 18.6 Å². The first-order chi connectivity index (χ1) is 15.6. The van der Waals surface area contributed by atoms with E-state index in [0.29, 0.717) is 31.0 Å². The number of aliphatic hydroxyl groups is 1. The van der Waals surface area contributed by atoms with Crippen molar-refractivity contribution >= 4 is 25.1 Å². The third kappa shape index (κ3) is 5.95. The smallest absolute Gasteiger partial charge is 0.407 e. The van der Waals surface area contributed by atoms with Gasteiger partial charge in [-0.15, -0.1) is 0 Å². The summed E-state index contributed by atoms with van der Waals surface area (Å²) in [7, 11) is -1.65. The number of nitrogens with one attached hydrogen (secondary N) is 1. The van der Waals surface area contributed by atoms with Crippen molar-refractivity contribution in [1.82, 2.24) is 5.32 Å². The number of rotatable bonds is 8. The van der Waals surface area contributed by atoms with Gasteiger partial charge in [0, 0.05) is 11.0 Å². The summed E-state index contributed by atoms with van der Waals surface area (Å²) in [5.41, 5.74) is 0.625. The van der Waals surface area contributed by atoms with E-state index < -0.39 is 37.7 Å². The molecule has 1 aromatic rings. The number of carbonyl (C=O) groups excluding carboxylic acids is 1. The van der Waals surface area contributed by atoms with Crippen molar-refractivity contribution in [3.05, 3.63) is 23.5 Å². The fourth-order valence-electron chi connectivity index (χ4n) is 4.15. The van der Waals surface area contributed by atoms with Gasteiger partial charge in [0.2, 0.25) is 5.79 Å². The number of carbonyl (C=O) groups is 1. The zero-order valence-electron chi connectivity index (χ0n) is 22.3. The molecule has 1 unspecified atom stereocenters. The lowest BCUT2D eigenvalue weighted by atomic mass is 9.95. The molecule has 0 bridgehead atoms. The highest BCUT2D eigenvalue weighted by atomic mass is 28.3. The summed E-state index contributed by atoms with van der Waals surface area (Å²) in [6.45, 7) is 19.4. The molecule has 1 spiro atoms. The molecule has 8 heteroatoms. The van der Waals surface area contributed by atoms with Crippen LogP contribution in [-0.2, 0) is 14.2 Å². The Hall–Kier alpha value is -1.61. The molecule has 34 heavy (non-hydrogen) atoms. The van der Waals surface area contributed by atoms with E-state index >= 15 is 0 Å². The SMILES string of the molecule is CCCC[C@H](NC(=O)OC(C)(C)C)C(O)C1=C(c2ccc([Si](C)(C)C)o2)C12OCC(C)(C)CO2. The highest BCUT2D eigenvalue weighted by molar-refractivity contribution is 6.87. The molecular weight excluding hydrogens is 450 g/mol. The Morgan fingerprint density at radius 2 is 1.82 bits per heavy atom. The third-order valence-corrected chi connectivity index (χ3v) is 7.81. The lowest BCUT2D eigenvalue weighted by Crippen LogP contribution is -2.48. The number of amides is 1. The van der Waals surface area contributed by atoms with E-state index in [-0.39, 0.29) is 5.41 Å². The molecule has 1 amide bonds. The Kier molecular flexibility index (Phi) is 7.50. The largest absolute Gasteiger partial charge is 0.466 e. The second-order valence-corrected chi connectivity index (χ2v) is 17.4.